The van der Waals surface area contributed by atoms with Crippen LogP contribution in [0.2, 0.25) is 0 Å². The number of carbonyl (C=O) groups excluding carboxylic acids is 1. The fourth-order valence-electron chi connectivity index (χ4n) is 1.94. The van der Waals surface area contributed by atoms with E-state index in [-0.39, 0.29) is 18.2 Å². The number of hydrogen-bond acceptors (Lipinski definition) is 3. The molecule has 1 amide bonds. The zero-order valence-corrected chi connectivity index (χ0v) is 10.1. The molecule has 18 heavy (non-hydrogen) atoms. The fourth-order valence-corrected chi connectivity index (χ4v) is 1.94. The standard InChI is InChI=1S/C13H17FN2O2/c14-11-5-1-2-6-12(11)16-13(17)9-18-8-10-4-3-7-15-10/h1-2,5-6,10,15H,3-4,7-9H2,(H,16,17)/t10-/m0/s1. The molecule has 2 N–H and O–H groups in total. The Balaban J connectivity index is 1.70. The Kier molecular flexibility index (Phi) is 4.66. The lowest BCUT2D eigenvalue weighted by Crippen LogP contribution is -2.29. The summed E-state index contributed by atoms with van der Waals surface area (Å²) < 4.78 is 18.5. The van der Waals surface area contributed by atoms with Crippen molar-refractivity contribution in [3.05, 3.63) is 30.1 Å². The highest BCUT2D eigenvalue weighted by molar-refractivity contribution is 5.91. The fraction of sp³-hybridized carbons (Fsp3) is 0.462. The molecule has 0 bridgehead atoms. The molecule has 2 rings (SSSR count). The minimum Gasteiger partial charge on any atom is -0.370 e. The third-order valence-electron chi connectivity index (χ3n) is 2.86. The molecular weight excluding hydrogens is 235 g/mol. The van der Waals surface area contributed by atoms with Crippen LogP contribution in [0.25, 0.3) is 0 Å². The van der Waals surface area contributed by atoms with Crippen molar-refractivity contribution in [2.75, 3.05) is 25.1 Å². The highest BCUT2D eigenvalue weighted by Gasteiger charge is 2.14. The van der Waals surface area contributed by atoms with Crippen molar-refractivity contribution in [3.63, 3.8) is 0 Å². The molecule has 0 aromatic heterocycles. The minimum atomic E-state index is -0.441. The van der Waals surface area contributed by atoms with E-state index < -0.39 is 5.82 Å². The normalized spacial score (nSPS) is 18.8. The average Bonchev–Trinajstić information content (AvgIpc) is 2.85. The molecule has 5 heteroatoms. The first-order valence-corrected chi connectivity index (χ1v) is 6.11. The average molecular weight is 252 g/mol. The van der Waals surface area contributed by atoms with Gasteiger partial charge in [-0.05, 0) is 31.5 Å². The van der Waals surface area contributed by atoms with Crippen molar-refractivity contribution in [3.8, 4) is 0 Å². The first-order chi connectivity index (χ1) is 8.75. The summed E-state index contributed by atoms with van der Waals surface area (Å²) in [5.41, 5.74) is 0.185. The molecular formula is C13H17FN2O2. The molecule has 1 aromatic rings. The molecule has 1 aromatic carbocycles. The molecule has 1 atom stereocenters. The topological polar surface area (TPSA) is 50.4 Å². The van der Waals surface area contributed by atoms with Gasteiger partial charge in [0.25, 0.3) is 0 Å². The Hall–Kier alpha value is -1.46. The van der Waals surface area contributed by atoms with Gasteiger partial charge in [0.05, 0.1) is 12.3 Å². The molecule has 4 nitrogen and oxygen atoms in total. The van der Waals surface area contributed by atoms with Gasteiger partial charge >= 0.3 is 0 Å². The third kappa shape index (κ3) is 3.78. The number of ether oxygens (including phenoxy) is 1. The second-order valence-corrected chi connectivity index (χ2v) is 4.34. The number of anilines is 1. The van der Waals surface area contributed by atoms with Crippen molar-refractivity contribution in [2.24, 2.45) is 0 Å². The quantitative estimate of drug-likeness (QED) is 0.835. The molecule has 0 spiro atoms. The van der Waals surface area contributed by atoms with Gasteiger partial charge in [-0.25, -0.2) is 4.39 Å². The van der Waals surface area contributed by atoms with E-state index in [1.165, 1.54) is 12.1 Å². The van der Waals surface area contributed by atoms with E-state index in [1.807, 2.05) is 0 Å². The SMILES string of the molecule is O=C(COC[C@@H]1CCCN1)Nc1ccccc1F. The Morgan fingerprint density at radius 3 is 3.06 bits per heavy atom. The first-order valence-electron chi connectivity index (χ1n) is 6.11. The monoisotopic (exact) mass is 252 g/mol. The zero-order chi connectivity index (χ0) is 12.8. The van der Waals surface area contributed by atoms with Gasteiger partial charge in [-0.2, -0.15) is 0 Å². The summed E-state index contributed by atoms with van der Waals surface area (Å²) in [6.07, 6.45) is 2.23. The summed E-state index contributed by atoms with van der Waals surface area (Å²) in [5, 5.41) is 5.75. The molecule has 1 aliphatic rings. The lowest BCUT2D eigenvalue weighted by Gasteiger charge is -2.11. The maximum Gasteiger partial charge on any atom is 0.250 e. The van der Waals surface area contributed by atoms with Gasteiger partial charge in [-0.3, -0.25) is 4.79 Å². The highest BCUT2D eigenvalue weighted by atomic mass is 19.1. The van der Waals surface area contributed by atoms with Crippen LogP contribution in [-0.2, 0) is 9.53 Å². The Labute approximate surface area is 106 Å². The summed E-state index contributed by atoms with van der Waals surface area (Å²) in [5.74, 6) is -0.776. The maximum absolute atomic E-state index is 13.3. The van der Waals surface area contributed by atoms with Gasteiger partial charge in [0.15, 0.2) is 0 Å². The number of rotatable bonds is 5. The van der Waals surface area contributed by atoms with Gasteiger partial charge in [-0.1, -0.05) is 12.1 Å². The summed E-state index contributed by atoms with van der Waals surface area (Å²) in [6, 6.07) is 6.41. The zero-order valence-electron chi connectivity index (χ0n) is 10.1. The van der Waals surface area contributed by atoms with E-state index in [1.54, 1.807) is 12.1 Å². The van der Waals surface area contributed by atoms with E-state index in [0.29, 0.717) is 12.6 Å². The lowest BCUT2D eigenvalue weighted by molar-refractivity contribution is -0.120. The van der Waals surface area contributed by atoms with Crippen molar-refractivity contribution in [1.82, 2.24) is 5.32 Å². The summed E-state index contributed by atoms with van der Waals surface area (Å²) in [4.78, 5) is 11.5. The molecule has 1 saturated heterocycles. The van der Waals surface area contributed by atoms with Crippen LogP contribution in [0.4, 0.5) is 10.1 Å². The predicted molar refractivity (Wildman–Crippen MR) is 66.9 cm³/mol. The van der Waals surface area contributed by atoms with Crippen LogP contribution >= 0.6 is 0 Å². The highest BCUT2D eigenvalue weighted by Crippen LogP contribution is 2.12. The second-order valence-electron chi connectivity index (χ2n) is 4.34. The van der Waals surface area contributed by atoms with Crippen molar-refractivity contribution < 1.29 is 13.9 Å². The van der Waals surface area contributed by atoms with Gasteiger partial charge in [0.1, 0.15) is 12.4 Å². The van der Waals surface area contributed by atoms with E-state index >= 15 is 0 Å². The molecule has 1 aliphatic heterocycles. The first kappa shape index (κ1) is 13.0. The van der Waals surface area contributed by atoms with Crippen LogP contribution in [0.3, 0.4) is 0 Å². The maximum atomic E-state index is 13.3. The van der Waals surface area contributed by atoms with Gasteiger partial charge < -0.3 is 15.4 Å². The van der Waals surface area contributed by atoms with E-state index in [0.717, 1.165) is 19.4 Å². The minimum absolute atomic E-state index is 0.0491. The molecule has 0 unspecified atom stereocenters. The van der Waals surface area contributed by atoms with Crippen LogP contribution in [0.1, 0.15) is 12.8 Å². The largest absolute Gasteiger partial charge is 0.370 e. The Morgan fingerprint density at radius 2 is 2.33 bits per heavy atom. The van der Waals surface area contributed by atoms with Crippen molar-refractivity contribution in [1.29, 1.82) is 0 Å². The van der Waals surface area contributed by atoms with E-state index in [9.17, 15) is 9.18 Å². The lowest BCUT2D eigenvalue weighted by atomic mass is 10.2. The van der Waals surface area contributed by atoms with Crippen molar-refractivity contribution >= 4 is 11.6 Å². The molecule has 1 fully saturated rings. The van der Waals surface area contributed by atoms with E-state index in [2.05, 4.69) is 10.6 Å². The van der Waals surface area contributed by atoms with Crippen LogP contribution in [0.5, 0.6) is 0 Å². The number of amides is 1. The second kappa shape index (κ2) is 6.47. The number of halogens is 1. The van der Waals surface area contributed by atoms with Crippen LogP contribution < -0.4 is 10.6 Å². The third-order valence-corrected chi connectivity index (χ3v) is 2.86. The number of para-hydroxylation sites is 1. The summed E-state index contributed by atoms with van der Waals surface area (Å²) >= 11 is 0. The van der Waals surface area contributed by atoms with Gasteiger partial charge in [-0.15, -0.1) is 0 Å². The molecule has 0 saturated carbocycles. The summed E-state index contributed by atoms with van der Waals surface area (Å²) in [7, 11) is 0. The smallest absolute Gasteiger partial charge is 0.250 e. The van der Waals surface area contributed by atoms with Crippen LogP contribution in [0, 0.1) is 5.82 Å². The molecule has 98 valence electrons. The van der Waals surface area contributed by atoms with Crippen LogP contribution in [-0.4, -0.2) is 31.7 Å². The van der Waals surface area contributed by atoms with Crippen molar-refractivity contribution in [2.45, 2.75) is 18.9 Å². The summed E-state index contributed by atoms with van der Waals surface area (Å²) in [6.45, 7) is 1.48. The molecule has 0 aliphatic carbocycles. The number of hydrogen-bond donors (Lipinski definition) is 2. The number of benzene rings is 1. The number of nitrogens with one attached hydrogen (secondary N) is 2. The van der Waals surface area contributed by atoms with Crippen LogP contribution in [0.15, 0.2) is 24.3 Å². The Morgan fingerprint density at radius 1 is 1.50 bits per heavy atom. The van der Waals surface area contributed by atoms with E-state index in [4.69, 9.17) is 4.74 Å². The number of carbonyl (C=O) groups is 1. The van der Waals surface area contributed by atoms with Gasteiger partial charge in [0.2, 0.25) is 5.91 Å². The predicted octanol–water partition coefficient (Wildman–Crippen LogP) is 1.53. The Bertz CT molecular complexity index is 406. The van der Waals surface area contributed by atoms with Gasteiger partial charge in [0, 0.05) is 6.04 Å². The molecule has 0 radical (unpaired) electrons. The molecule has 1 heterocycles.